The Morgan fingerprint density at radius 3 is 2.43 bits per heavy atom. The van der Waals surface area contributed by atoms with Crippen LogP contribution in [0.15, 0.2) is 48.0 Å². The molecule has 7 N–H and O–H groups in total. The number of likely N-dealkylation sites (tertiary alicyclic amines) is 1. The Balaban J connectivity index is 0.00000756. The molecule has 1 fully saturated rings. The summed E-state index contributed by atoms with van der Waals surface area (Å²) in [5, 5.41) is 16.9. The zero-order chi connectivity index (χ0) is 38.2. The number of nitrogens with zero attached hydrogens (tertiary/aromatic N) is 2. The number of carbonyl (C=O) groups is 4. The van der Waals surface area contributed by atoms with Crippen LogP contribution in [0.3, 0.4) is 0 Å². The van der Waals surface area contributed by atoms with E-state index in [0.29, 0.717) is 30.0 Å². The number of amides is 4. The number of carbonyl (C=O) groups excluding carboxylic acids is 4. The van der Waals surface area contributed by atoms with Gasteiger partial charge in [-0.25, -0.2) is 4.98 Å². The molecular weight excluding hydrogens is 739 g/mol. The molecule has 0 radical (unpaired) electrons. The molecule has 0 saturated carbocycles. The third kappa shape index (κ3) is 12.1. The molecule has 1 saturated heterocycles. The molecule has 290 valence electrons. The number of β-amino-alcohol motifs (C(OH)–C–C–N with tert-alkyl or cyclic N) is 1. The molecule has 2 aromatic carbocycles. The van der Waals surface area contributed by atoms with E-state index in [1.807, 2.05) is 70.5 Å². The third-order valence-electron chi connectivity index (χ3n) is 9.17. The number of halogens is 2. The lowest BCUT2D eigenvalue weighted by Gasteiger charge is -2.35. The number of aliphatic hydroxyl groups excluding tert-OH is 1. The van der Waals surface area contributed by atoms with Crippen molar-refractivity contribution in [1.82, 2.24) is 20.5 Å². The first-order chi connectivity index (χ1) is 24.5. The summed E-state index contributed by atoms with van der Waals surface area (Å²) >= 11 is 8.17. The second-order valence-corrected chi connectivity index (χ2v) is 15.8. The number of aryl methyl sites for hydroxylation is 2. The summed E-state index contributed by atoms with van der Waals surface area (Å²) in [7, 11) is 0. The van der Waals surface area contributed by atoms with E-state index in [4.69, 9.17) is 27.8 Å². The van der Waals surface area contributed by atoms with E-state index in [0.717, 1.165) is 27.3 Å². The van der Waals surface area contributed by atoms with Gasteiger partial charge in [0.1, 0.15) is 24.4 Å². The molecule has 1 aliphatic rings. The minimum Gasteiger partial charge on any atom is -0.490 e. The number of nitrogens with two attached hydrogens (primary N) is 2. The molecule has 4 rings (SSSR count). The Bertz CT molecular complexity index is 1720. The molecule has 0 aliphatic carbocycles. The van der Waals surface area contributed by atoms with Gasteiger partial charge in [0.05, 0.1) is 33.3 Å². The minimum absolute atomic E-state index is 0. The molecule has 3 aromatic rings. The molecule has 0 spiro atoms. The number of rotatable bonds is 16. The van der Waals surface area contributed by atoms with Gasteiger partial charge in [-0.15, -0.1) is 23.7 Å². The SMILES string of the molecule is Cc1ncsc1-c1ccc(C(C)NC(=O)[C@@H]2C[C@H](O)CN2C(=O)C(NC(=O)CCCc2cccc(OCC(N)CCC(N)=O)c2Cl)C(C)(C)C)cc1.Cl. The fourth-order valence-corrected chi connectivity index (χ4v) is 7.24. The van der Waals surface area contributed by atoms with E-state index in [2.05, 4.69) is 15.6 Å². The number of benzene rings is 2. The predicted octanol–water partition coefficient (Wildman–Crippen LogP) is 4.86. The van der Waals surface area contributed by atoms with Crippen molar-refractivity contribution in [1.29, 1.82) is 0 Å². The van der Waals surface area contributed by atoms with Crippen LogP contribution in [0.1, 0.15) is 82.7 Å². The number of ether oxygens (including phenoxy) is 1. The molecule has 0 bridgehead atoms. The van der Waals surface area contributed by atoms with Crippen molar-refractivity contribution >= 4 is 59.0 Å². The van der Waals surface area contributed by atoms with Gasteiger partial charge in [0, 0.05) is 31.8 Å². The quantitative estimate of drug-likeness (QED) is 0.136. The van der Waals surface area contributed by atoms with Gasteiger partial charge in [-0.3, -0.25) is 19.2 Å². The maximum absolute atomic E-state index is 14.0. The Labute approximate surface area is 326 Å². The average Bonchev–Trinajstić information content (AvgIpc) is 3.70. The second kappa shape index (κ2) is 19.5. The molecule has 5 atom stereocenters. The van der Waals surface area contributed by atoms with Crippen LogP contribution in [-0.4, -0.2) is 76.0 Å². The van der Waals surface area contributed by atoms with Gasteiger partial charge in [0.25, 0.3) is 0 Å². The summed E-state index contributed by atoms with van der Waals surface area (Å²) in [5.74, 6) is -1.07. The van der Waals surface area contributed by atoms with Crippen LogP contribution in [0, 0.1) is 12.3 Å². The zero-order valence-electron chi connectivity index (χ0n) is 30.9. The van der Waals surface area contributed by atoms with Crippen LogP contribution in [0.5, 0.6) is 5.75 Å². The zero-order valence-corrected chi connectivity index (χ0v) is 33.3. The summed E-state index contributed by atoms with van der Waals surface area (Å²) in [5.41, 5.74) is 16.0. The number of primary amides is 1. The van der Waals surface area contributed by atoms with Gasteiger partial charge >= 0.3 is 0 Å². The van der Waals surface area contributed by atoms with Gasteiger partial charge in [-0.2, -0.15) is 0 Å². The Kier molecular flexibility index (Phi) is 16.1. The van der Waals surface area contributed by atoms with Crippen molar-refractivity contribution in [3.05, 3.63) is 69.8 Å². The highest BCUT2D eigenvalue weighted by Crippen LogP contribution is 2.31. The van der Waals surface area contributed by atoms with Gasteiger partial charge < -0.3 is 36.8 Å². The lowest BCUT2D eigenvalue weighted by Crippen LogP contribution is -2.57. The number of aromatic nitrogens is 1. The summed E-state index contributed by atoms with van der Waals surface area (Å²) in [6.45, 7) is 9.55. The van der Waals surface area contributed by atoms with Crippen molar-refractivity contribution in [3.8, 4) is 16.2 Å². The topological polar surface area (TPSA) is 190 Å². The minimum atomic E-state index is -0.931. The summed E-state index contributed by atoms with van der Waals surface area (Å²) < 4.78 is 5.78. The molecular formula is C38H52Cl2N6O6S. The van der Waals surface area contributed by atoms with E-state index in [1.165, 1.54) is 4.90 Å². The Hall–Kier alpha value is -3.75. The molecule has 1 aromatic heterocycles. The van der Waals surface area contributed by atoms with Crippen molar-refractivity contribution in [2.75, 3.05) is 13.2 Å². The van der Waals surface area contributed by atoms with Crippen LogP contribution >= 0.6 is 35.3 Å². The lowest BCUT2D eigenvalue weighted by molar-refractivity contribution is -0.144. The van der Waals surface area contributed by atoms with E-state index in [1.54, 1.807) is 23.5 Å². The van der Waals surface area contributed by atoms with E-state index in [-0.39, 0.29) is 68.7 Å². The molecule has 3 unspecified atom stereocenters. The van der Waals surface area contributed by atoms with Crippen molar-refractivity contribution in [2.24, 2.45) is 16.9 Å². The normalized spacial score (nSPS) is 17.3. The van der Waals surface area contributed by atoms with Crippen LogP contribution in [0.25, 0.3) is 10.4 Å². The molecule has 1 aliphatic heterocycles. The van der Waals surface area contributed by atoms with Gasteiger partial charge in [0.2, 0.25) is 23.6 Å². The number of hydrogen-bond donors (Lipinski definition) is 5. The summed E-state index contributed by atoms with van der Waals surface area (Å²) in [4.78, 5) is 58.7. The first-order valence-corrected chi connectivity index (χ1v) is 18.8. The lowest BCUT2D eigenvalue weighted by atomic mass is 9.85. The van der Waals surface area contributed by atoms with Crippen LogP contribution in [-0.2, 0) is 25.6 Å². The fourth-order valence-electron chi connectivity index (χ4n) is 6.16. The number of nitrogens with one attached hydrogen (secondary N) is 2. The predicted molar refractivity (Wildman–Crippen MR) is 210 cm³/mol. The Morgan fingerprint density at radius 2 is 1.81 bits per heavy atom. The van der Waals surface area contributed by atoms with E-state index in [9.17, 15) is 24.3 Å². The molecule has 15 heteroatoms. The van der Waals surface area contributed by atoms with Gasteiger partial charge in [-0.05, 0) is 61.3 Å². The monoisotopic (exact) mass is 790 g/mol. The first-order valence-electron chi connectivity index (χ1n) is 17.6. The molecule has 4 amide bonds. The van der Waals surface area contributed by atoms with Crippen molar-refractivity contribution in [3.63, 3.8) is 0 Å². The van der Waals surface area contributed by atoms with Crippen LogP contribution in [0.4, 0.5) is 0 Å². The van der Waals surface area contributed by atoms with E-state index < -0.39 is 35.4 Å². The number of aliphatic hydroxyl groups is 1. The summed E-state index contributed by atoms with van der Waals surface area (Å²) in [6.07, 6.45) is 0.860. The standard InChI is InChI=1S/C38H51ClN6O6S.ClH/c1-22(24-12-14-26(15-13-24)34-23(2)42-21-52-34)43-36(49)29-18-28(46)19-45(29)37(50)35(38(3,4)5)44-32(48)11-7-9-25-8-6-10-30(33(25)39)51-20-27(40)16-17-31(41)47;/h6,8,10,12-15,21-22,27-29,35,46H,7,9,11,16-20,40H2,1-5H3,(H2,41,47)(H,43,49)(H,44,48);1H/t22?,27?,28-,29-,35?;/m0./s1. The summed E-state index contributed by atoms with van der Waals surface area (Å²) in [6, 6.07) is 10.8. The Morgan fingerprint density at radius 1 is 1.11 bits per heavy atom. The van der Waals surface area contributed by atoms with Gasteiger partial charge in [0.15, 0.2) is 0 Å². The maximum Gasteiger partial charge on any atom is 0.246 e. The average molecular weight is 792 g/mol. The highest BCUT2D eigenvalue weighted by Gasteiger charge is 2.44. The molecule has 2 heterocycles. The number of thiazole rings is 1. The van der Waals surface area contributed by atoms with Crippen molar-refractivity contribution < 1.29 is 29.0 Å². The highest BCUT2D eigenvalue weighted by molar-refractivity contribution is 7.13. The first kappa shape index (κ1) is 43.7. The highest BCUT2D eigenvalue weighted by atomic mass is 35.5. The maximum atomic E-state index is 14.0. The molecule has 53 heavy (non-hydrogen) atoms. The number of hydrogen-bond acceptors (Lipinski definition) is 9. The van der Waals surface area contributed by atoms with Crippen LogP contribution in [0.2, 0.25) is 5.02 Å². The second-order valence-electron chi connectivity index (χ2n) is 14.5. The fraction of sp³-hybridized carbons (Fsp3) is 0.500. The van der Waals surface area contributed by atoms with Crippen LogP contribution < -0.4 is 26.8 Å². The van der Waals surface area contributed by atoms with E-state index >= 15 is 0 Å². The van der Waals surface area contributed by atoms with Gasteiger partial charge in [-0.1, -0.05) is 68.8 Å². The third-order valence-corrected chi connectivity index (χ3v) is 10.6. The largest absolute Gasteiger partial charge is 0.490 e. The molecule has 12 nitrogen and oxygen atoms in total. The van der Waals surface area contributed by atoms with Crippen molar-refractivity contribution in [2.45, 2.75) is 103 Å². The smallest absolute Gasteiger partial charge is 0.246 e.